The molecule has 0 atom stereocenters. The van der Waals surface area contributed by atoms with Crippen LogP contribution in [-0.4, -0.2) is 26.0 Å². The number of hydrogen-bond acceptors (Lipinski definition) is 3. The second kappa shape index (κ2) is 5.59. The molecule has 2 rings (SSSR count). The van der Waals surface area contributed by atoms with Gasteiger partial charge >= 0.3 is 0 Å². The van der Waals surface area contributed by atoms with Gasteiger partial charge in [0.25, 0.3) is 0 Å². The first-order chi connectivity index (χ1) is 8.46. The largest absolute Gasteiger partial charge is 0.310 e. The van der Waals surface area contributed by atoms with E-state index in [4.69, 9.17) is 11.6 Å². The highest BCUT2D eigenvalue weighted by Gasteiger charge is 2.23. The third-order valence-electron chi connectivity index (χ3n) is 3.34. The van der Waals surface area contributed by atoms with Crippen molar-refractivity contribution >= 4 is 21.4 Å². The van der Waals surface area contributed by atoms with Gasteiger partial charge in [-0.2, -0.15) is 0 Å². The number of nitrogens with one attached hydrogen (secondary N) is 1. The van der Waals surface area contributed by atoms with Crippen LogP contribution in [0.1, 0.15) is 24.0 Å². The van der Waals surface area contributed by atoms with Crippen molar-refractivity contribution in [3.05, 3.63) is 34.3 Å². The van der Waals surface area contributed by atoms with Gasteiger partial charge < -0.3 is 5.32 Å². The van der Waals surface area contributed by atoms with Crippen LogP contribution < -0.4 is 5.32 Å². The molecular formula is C13H18ClNO2S. The van der Waals surface area contributed by atoms with E-state index in [-0.39, 0.29) is 6.04 Å². The molecule has 1 fully saturated rings. The third kappa shape index (κ3) is 3.70. The SMILES string of the molecule is Cc1ccc(CNC2CCS(=O)(=O)CC2)c(Cl)c1. The summed E-state index contributed by atoms with van der Waals surface area (Å²) < 4.78 is 22.6. The first-order valence-corrected chi connectivity index (χ1v) is 8.35. The van der Waals surface area contributed by atoms with Crippen LogP contribution in [0.5, 0.6) is 0 Å². The summed E-state index contributed by atoms with van der Waals surface area (Å²) in [5, 5.41) is 4.16. The predicted molar refractivity (Wildman–Crippen MR) is 74.7 cm³/mol. The summed E-state index contributed by atoms with van der Waals surface area (Å²) in [6, 6.07) is 6.29. The summed E-state index contributed by atoms with van der Waals surface area (Å²) in [7, 11) is -2.78. The minimum atomic E-state index is -2.78. The lowest BCUT2D eigenvalue weighted by molar-refractivity contribution is 0.463. The van der Waals surface area contributed by atoms with Crippen molar-refractivity contribution in [2.45, 2.75) is 32.4 Å². The molecule has 0 radical (unpaired) electrons. The summed E-state index contributed by atoms with van der Waals surface area (Å²) in [5.74, 6) is 0.596. The van der Waals surface area contributed by atoms with Crippen LogP contribution in [0.25, 0.3) is 0 Å². The second-order valence-corrected chi connectivity index (χ2v) is 7.61. The molecule has 1 aromatic rings. The van der Waals surface area contributed by atoms with Gasteiger partial charge in [0.05, 0.1) is 11.5 Å². The molecule has 100 valence electrons. The Kier molecular flexibility index (Phi) is 4.30. The molecule has 0 aliphatic carbocycles. The molecule has 0 saturated carbocycles. The van der Waals surface area contributed by atoms with Gasteiger partial charge in [0.2, 0.25) is 0 Å². The van der Waals surface area contributed by atoms with Gasteiger partial charge in [0, 0.05) is 17.6 Å². The Hall–Kier alpha value is -0.580. The lowest BCUT2D eigenvalue weighted by atomic mass is 10.1. The molecule has 0 aromatic heterocycles. The van der Waals surface area contributed by atoms with Gasteiger partial charge in [-0.25, -0.2) is 8.42 Å². The fourth-order valence-corrected chi connectivity index (χ4v) is 3.94. The molecule has 1 heterocycles. The van der Waals surface area contributed by atoms with Crippen LogP contribution in [-0.2, 0) is 16.4 Å². The lowest BCUT2D eigenvalue weighted by Gasteiger charge is -2.23. The maximum absolute atomic E-state index is 11.3. The maximum Gasteiger partial charge on any atom is 0.150 e. The monoisotopic (exact) mass is 287 g/mol. The molecule has 5 heteroatoms. The van der Waals surface area contributed by atoms with E-state index in [0.717, 1.165) is 16.1 Å². The van der Waals surface area contributed by atoms with Crippen LogP contribution in [0.3, 0.4) is 0 Å². The van der Waals surface area contributed by atoms with Gasteiger partial charge in [0.1, 0.15) is 9.84 Å². The molecule has 1 N–H and O–H groups in total. The molecule has 1 saturated heterocycles. The fourth-order valence-electron chi connectivity index (χ4n) is 2.14. The highest BCUT2D eigenvalue weighted by atomic mass is 35.5. The van der Waals surface area contributed by atoms with E-state index in [1.165, 1.54) is 0 Å². The predicted octanol–water partition coefficient (Wildman–Crippen LogP) is 2.32. The average molecular weight is 288 g/mol. The number of halogens is 1. The summed E-state index contributed by atoms with van der Waals surface area (Å²) in [4.78, 5) is 0. The Morgan fingerprint density at radius 1 is 1.33 bits per heavy atom. The molecule has 0 bridgehead atoms. The zero-order chi connectivity index (χ0) is 13.2. The van der Waals surface area contributed by atoms with Crippen LogP contribution >= 0.6 is 11.6 Å². The zero-order valence-corrected chi connectivity index (χ0v) is 12.0. The molecule has 1 aliphatic heterocycles. The van der Waals surface area contributed by atoms with Crippen LogP contribution in [0.4, 0.5) is 0 Å². The van der Waals surface area contributed by atoms with E-state index in [2.05, 4.69) is 5.32 Å². The number of aryl methyl sites for hydroxylation is 1. The molecular weight excluding hydrogens is 270 g/mol. The molecule has 0 spiro atoms. The lowest BCUT2D eigenvalue weighted by Crippen LogP contribution is -2.37. The standard InChI is InChI=1S/C13H18ClNO2S/c1-10-2-3-11(13(14)8-10)9-15-12-4-6-18(16,17)7-5-12/h2-3,8,12,15H,4-7,9H2,1H3. The van der Waals surface area contributed by atoms with E-state index < -0.39 is 9.84 Å². The summed E-state index contributed by atoms with van der Waals surface area (Å²) in [6.45, 7) is 2.71. The smallest absolute Gasteiger partial charge is 0.150 e. The van der Waals surface area contributed by atoms with E-state index in [0.29, 0.717) is 30.9 Å². The van der Waals surface area contributed by atoms with Crippen LogP contribution in [0.2, 0.25) is 5.02 Å². The van der Waals surface area contributed by atoms with Crippen molar-refractivity contribution in [3.63, 3.8) is 0 Å². The quantitative estimate of drug-likeness (QED) is 0.928. The summed E-state index contributed by atoms with van der Waals surface area (Å²) in [6.07, 6.45) is 1.40. The minimum Gasteiger partial charge on any atom is -0.310 e. The zero-order valence-electron chi connectivity index (χ0n) is 10.4. The number of rotatable bonds is 3. The summed E-state index contributed by atoms with van der Waals surface area (Å²) in [5.41, 5.74) is 2.21. The van der Waals surface area contributed by atoms with Crippen molar-refractivity contribution in [1.29, 1.82) is 0 Å². The Morgan fingerprint density at radius 3 is 2.61 bits per heavy atom. The van der Waals surface area contributed by atoms with Gasteiger partial charge in [-0.3, -0.25) is 0 Å². The first kappa shape index (κ1) is 13.8. The van der Waals surface area contributed by atoms with Crippen LogP contribution in [0, 0.1) is 6.92 Å². The average Bonchev–Trinajstić information content (AvgIpc) is 2.29. The Balaban J connectivity index is 1.89. The topological polar surface area (TPSA) is 46.2 Å². The van der Waals surface area contributed by atoms with E-state index >= 15 is 0 Å². The Labute approximate surface area is 113 Å². The number of hydrogen-bond donors (Lipinski definition) is 1. The molecule has 18 heavy (non-hydrogen) atoms. The Morgan fingerprint density at radius 2 is 2.00 bits per heavy atom. The van der Waals surface area contributed by atoms with E-state index in [9.17, 15) is 8.42 Å². The molecule has 0 unspecified atom stereocenters. The second-order valence-electron chi connectivity index (χ2n) is 4.90. The van der Waals surface area contributed by atoms with Crippen molar-refractivity contribution in [1.82, 2.24) is 5.32 Å². The number of sulfone groups is 1. The Bertz CT molecular complexity index is 514. The van der Waals surface area contributed by atoms with Crippen molar-refractivity contribution in [3.8, 4) is 0 Å². The normalized spacial score (nSPS) is 19.9. The van der Waals surface area contributed by atoms with Gasteiger partial charge in [0.15, 0.2) is 0 Å². The first-order valence-electron chi connectivity index (χ1n) is 6.15. The number of benzene rings is 1. The van der Waals surface area contributed by atoms with Crippen molar-refractivity contribution < 1.29 is 8.42 Å². The molecule has 0 amide bonds. The maximum atomic E-state index is 11.3. The molecule has 1 aromatic carbocycles. The van der Waals surface area contributed by atoms with Crippen molar-refractivity contribution in [2.75, 3.05) is 11.5 Å². The van der Waals surface area contributed by atoms with E-state index in [1.54, 1.807) is 0 Å². The van der Waals surface area contributed by atoms with Crippen LogP contribution in [0.15, 0.2) is 18.2 Å². The van der Waals surface area contributed by atoms with E-state index in [1.807, 2.05) is 25.1 Å². The highest BCUT2D eigenvalue weighted by molar-refractivity contribution is 7.91. The third-order valence-corrected chi connectivity index (χ3v) is 5.41. The fraction of sp³-hybridized carbons (Fsp3) is 0.538. The van der Waals surface area contributed by atoms with Gasteiger partial charge in [-0.05, 0) is 37.0 Å². The highest BCUT2D eigenvalue weighted by Crippen LogP contribution is 2.18. The molecule has 1 aliphatic rings. The summed E-state index contributed by atoms with van der Waals surface area (Å²) >= 11 is 6.16. The van der Waals surface area contributed by atoms with Gasteiger partial charge in [-0.15, -0.1) is 0 Å². The minimum absolute atomic E-state index is 0.283. The van der Waals surface area contributed by atoms with Gasteiger partial charge in [-0.1, -0.05) is 23.7 Å². The molecule has 3 nitrogen and oxygen atoms in total. The van der Waals surface area contributed by atoms with Crippen molar-refractivity contribution in [2.24, 2.45) is 0 Å².